The van der Waals surface area contributed by atoms with Crippen LogP contribution in [0.3, 0.4) is 0 Å². The molecule has 0 aromatic carbocycles. The fraction of sp³-hybridized carbons (Fsp3) is 0.875. The third kappa shape index (κ3) is 2.21. The van der Waals surface area contributed by atoms with Gasteiger partial charge in [0.05, 0.1) is 6.10 Å². The number of carbonyl (C=O) groups excluding carboxylic acids is 1. The quantitative estimate of drug-likeness (QED) is 0.446. The van der Waals surface area contributed by atoms with Crippen LogP contribution in [0.1, 0.15) is 13.8 Å². The Balaban J connectivity index is 2.68. The number of rotatable bonds is 1. The molecule has 1 unspecified atom stereocenters. The van der Waals surface area contributed by atoms with Gasteiger partial charge in [-0.2, -0.15) is 0 Å². The van der Waals surface area contributed by atoms with Gasteiger partial charge in [0.2, 0.25) is 0 Å². The zero-order valence-electron chi connectivity index (χ0n) is 7.95. The first-order valence-corrected chi connectivity index (χ1v) is 4.30. The van der Waals surface area contributed by atoms with E-state index in [2.05, 4.69) is 0 Å². The Morgan fingerprint density at radius 2 is 1.86 bits per heavy atom. The van der Waals surface area contributed by atoms with Gasteiger partial charge in [0.15, 0.2) is 12.4 Å². The average Bonchev–Trinajstić information content (AvgIpc) is 2.09. The summed E-state index contributed by atoms with van der Waals surface area (Å²) >= 11 is 0. The van der Waals surface area contributed by atoms with Crippen LogP contribution < -0.4 is 0 Å². The van der Waals surface area contributed by atoms with Crippen LogP contribution in [0.5, 0.6) is 0 Å². The van der Waals surface area contributed by atoms with Crippen molar-refractivity contribution in [1.82, 2.24) is 0 Å². The zero-order valence-corrected chi connectivity index (χ0v) is 7.95. The van der Waals surface area contributed by atoms with Crippen LogP contribution in [0.15, 0.2) is 0 Å². The predicted molar refractivity (Wildman–Crippen MR) is 44.1 cm³/mol. The number of aliphatic hydroxyl groups excluding tert-OH is 3. The topological polar surface area (TPSA) is 96.2 Å². The van der Waals surface area contributed by atoms with Crippen molar-refractivity contribution in [2.75, 3.05) is 0 Å². The monoisotopic (exact) mass is 206 g/mol. The van der Waals surface area contributed by atoms with Gasteiger partial charge >= 0.3 is 5.97 Å². The molecule has 1 aliphatic heterocycles. The van der Waals surface area contributed by atoms with Crippen LogP contribution in [0.25, 0.3) is 0 Å². The molecule has 5 atom stereocenters. The first-order valence-electron chi connectivity index (χ1n) is 4.30. The molecule has 0 aliphatic carbocycles. The maximum Gasteiger partial charge on any atom is 0.303 e. The first kappa shape index (κ1) is 11.4. The largest absolute Gasteiger partial charge is 0.457 e. The van der Waals surface area contributed by atoms with Gasteiger partial charge in [-0.25, -0.2) is 0 Å². The minimum Gasteiger partial charge on any atom is -0.457 e. The minimum absolute atomic E-state index is 0.576. The number of aliphatic hydroxyl groups is 3. The third-order valence-corrected chi connectivity index (χ3v) is 2.10. The number of hydrogen-bond acceptors (Lipinski definition) is 6. The van der Waals surface area contributed by atoms with E-state index in [-0.39, 0.29) is 0 Å². The molecule has 0 radical (unpaired) electrons. The van der Waals surface area contributed by atoms with Crippen molar-refractivity contribution >= 4 is 5.97 Å². The van der Waals surface area contributed by atoms with E-state index in [0.29, 0.717) is 0 Å². The van der Waals surface area contributed by atoms with Crippen LogP contribution in [0, 0.1) is 0 Å². The molecule has 14 heavy (non-hydrogen) atoms. The lowest BCUT2D eigenvalue weighted by molar-refractivity contribution is -0.281. The lowest BCUT2D eigenvalue weighted by atomic mass is 10.00. The first-order chi connectivity index (χ1) is 6.43. The maximum atomic E-state index is 10.7. The molecule has 6 nitrogen and oxygen atoms in total. The van der Waals surface area contributed by atoms with Crippen LogP contribution in [0.2, 0.25) is 0 Å². The fourth-order valence-corrected chi connectivity index (χ4v) is 1.38. The van der Waals surface area contributed by atoms with E-state index < -0.39 is 36.7 Å². The average molecular weight is 206 g/mol. The second-order valence-corrected chi connectivity index (χ2v) is 3.29. The van der Waals surface area contributed by atoms with E-state index >= 15 is 0 Å². The second kappa shape index (κ2) is 4.22. The molecule has 3 N–H and O–H groups in total. The standard InChI is InChI=1S/C8H14O6/c1-3-7(14-4(2)9)5(10)6(11)8(12)13-3/h3,5-8,10-12H,1-2H3/t3-,5-,6+,7-,8?/m0/s1. The highest BCUT2D eigenvalue weighted by Crippen LogP contribution is 2.21. The molecule has 0 aromatic heterocycles. The maximum absolute atomic E-state index is 10.7. The van der Waals surface area contributed by atoms with E-state index in [1.165, 1.54) is 13.8 Å². The van der Waals surface area contributed by atoms with E-state index in [9.17, 15) is 15.0 Å². The number of ether oxygens (including phenoxy) is 2. The Labute approximate surface area is 81.1 Å². The van der Waals surface area contributed by atoms with Crippen LogP contribution in [-0.2, 0) is 14.3 Å². The van der Waals surface area contributed by atoms with Crippen molar-refractivity contribution in [3.8, 4) is 0 Å². The van der Waals surface area contributed by atoms with Gasteiger partial charge in [0.25, 0.3) is 0 Å². The third-order valence-electron chi connectivity index (χ3n) is 2.10. The van der Waals surface area contributed by atoms with E-state index in [1.54, 1.807) is 0 Å². The minimum atomic E-state index is -1.46. The molecular formula is C8H14O6. The highest BCUT2D eigenvalue weighted by atomic mass is 16.7. The van der Waals surface area contributed by atoms with E-state index in [4.69, 9.17) is 14.6 Å². The second-order valence-electron chi connectivity index (χ2n) is 3.29. The lowest BCUT2D eigenvalue weighted by Crippen LogP contribution is -2.57. The Morgan fingerprint density at radius 1 is 1.29 bits per heavy atom. The van der Waals surface area contributed by atoms with Crippen molar-refractivity contribution in [2.24, 2.45) is 0 Å². The zero-order chi connectivity index (χ0) is 10.9. The van der Waals surface area contributed by atoms with Gasteiger partial charge in [-0.15, -0.1) is 0 Å². The van der Waals surface area contributed by atoms with Gasteiger partial charge in [0, 0.05) is 6.92 Å². The summed E-state index contributed by atoms with van der Waals surface area (Å²) in [5.41, 5.74) is 0. The van der Waals surface area contributed by atoms with Crippen LogP contribution in [-0.4, -0.2) is 52.0 Å². The Hall–Kier alpha value is -0.690. The van der Waals surface area contributed by atoms with E-state index in [1.807, 2.05) is 0 Å². The summed E-state index contributed by atoms with van der Waals surface area (Å²) in [7, 11) is 0. The summed E-state index contributed by atoms with van der Waals surface area (Å²) in [6.45, 7) is 2.72. The Morgan fingerprint density at radius 3 is 2.36 bits per heavy atom. The fourth-order valence-electron chi connectivity index (χ4n) is 1.38. The molecule has 0 saturated carbocycles. The highest BCUT2D eigenvalue weighted by molar-refractivity contribution is 5.66. The number of hydrogen-bond donors (Lipinski definition) is 3. The highest BCUT2D eigenvalue weighted by Gasteiger charge is 2.43. The molecule has 1 rings (SSSR count). The molecule has 0 bridgehead atoms. The molecule has 82 valence electrons. The Kier molecular flexibility index (Phi) is 3.43. The summed E-state index contributed by atoms with van der Waals surface area (Å²) in [4.78, 5) is 10.7. The lowest BCUT2D eigenvalue weighted by Gasteiger charge is -2.38. The van der Waals surface area contributed by atoms with Gasteiger partial charge < -0.3 is 24.8 Å². The van der Waals surface area contributed by atoms with Crippen molar-refractivity contribution in [1.29, 1.82) is 0 Å². The van der Waals surface area contributed by atoms with Crippen molar-refractivity contribution in [3.63, 3.8) is 0 Å². The molecule has 1 aliphatic rings. The molecule has 0 spiro atoms. The Bertz CT molecular complexity index is 218. The molecule has 6 heteroatoms. The van der Waals surface area contributed by atoms with Crippen molar-refractivity contribution < 1.29 is 29.6 Å². The molecule has 1 heterocycles. The summed E-state index contributed by atoms with van der Waals surface area (Å²) < 4.78 is 9.60. The predicted octanol–water partition coefficient (Wildman–Crippen LogP) is -1.62. The van der Waals surface area contributed by atoms with Crippen LogP contribution >= 0.6 is 0 Å². The number of carbonyl (C=O) groups is 1. The van der Waals surface area contributed by atoms with Gasteiger partial charge in [-0.1, -0.05) is 0 Å². The van der Waals surface area contributed by atoms with Gasteiger partial charge in [-0.3, -0.25) is 4.79 Å². The number of esters is 1. The normalized spacial score (nSPS) is 43.4. The van der Waals surface area contributed by atoms with Crippen LogP contribution in [0.4, 0.5) is 0 Å². The summed E-state index contributed by atoms with van der Waals surface area (Å²) in [6, 6.07) is 0. The van der Waals surface area contributed by atoms with Crippen molar-refractivity contribution in [3.05, 3.63) is 0 Å². The van der Waals surface area contributed by atoms with Crippen molar-refractivity contribution in [2.45, 2.75) is 44.6 Å². The molecule has 0 aromatic rings. The van der Waals surface area contributed by atoms with Gasteiger partial charge in [-0.05, 0) is 6.92 Å². The molecular weight excluding hydrogens is 192 g/mol. The molecule has 1 saturated heterocycles. The summed E-state index contributed by atoms with van der Waals surface area (Å²) in [6.07, 6.45) is -5.86. The van der Waals surface area contributed by atoms with Gasteiger partial charge in [0.1, 0.15) is 12.2 Å². The smallest absolute Gasteiger partial charge is 0.303 e. The summed E-state index contributed by atoms with van der Waals surface area (Å²) in [5, 5.41) is 27.8. The SMILES string of the molecule is CC(=O)O[C@@H]1[C@@H](O)[C@@H](O)C(O)O[C@H]1C. The molecule has 1 fully saturated rings. The summed E-state index contributed by atoms with van der Waals surface area (Å²) in [5.74, 6) is -0.576. The van der Waals surface area contributed by atoms with E-state index in [0.717, 1.165) is 0 Å². The molecule has 0 amide bonds.